The lowest BCUT2D eigenvalue weighted by atomic mass is 10.0. The smallest absolute Gasteiger partial charge is 0.158 e. The number of rotatable bonds is 6. The average Bonchev–Trinajstić information content (AvgIpc) is 2.60. The lowest BCUT2D eigenvalue weighted by Crippen LogP contribution is -2.48. The van der Waals surface area contributed by atoms with Gasteiger partial charge in [-0.25, -0.2) is 10.4 Å². The van der Waals surface area contributed by atoms with Gasteiger partial charge in [0, 0.05) is 24.5 Å². The Kier molecular flexibility index (Phi) is 6.05. The van der Waals surface area contributed by atoms with Gasteiger partial charge in [-0.3, -0.25) is 0 Å². The molecule has 1 N–H and O–H groups in total. The molecular weight excluding hydrogens is 332 g/mol. The lowest BCUT2D eigenvalue weighted by molar-refractivity contribution is 0.619. The molecule has 1 aromatic heterocycles. The number of aryl methyl sites for hydroxylation is 5. The van der Waals surface area contributed by atoms with E-state index in [-0.39, 0.29) is 0 Å². The molecule has 0 bridgehead atoms. The molecule has 0 fully saturated rings. The summed E-state index contributed by atoms with van der Waals surface area (Å²) in [5.41, 5.74) is 12.6. The van der Waals surface area contributed by atoms with Crippen LogP contribution < -0.4 is 15.3 Å². The molecule has 0 spiro atoms. The van der Waals surface area contributed by atoms with Crippen LogP contribution in [0.4, 0.5) is 17.2 Å². The number of anilines is 3. The van der Waals surface area contributed by atoms with Crippen LogP contribution in [0.3, 0.4) is 0 Å². The molecule has 0 aliphatic carbocycles. The first kappa shape index (κ1) is 19.7. The molecule has 1 aliphatic rings. The Morgan fingerprint density at radius 2 is 1.67 bits per heavy atom. The molecule has 4 nitrogen and oxygen atoms in total. The van der Waals surface area contributed by atoms with Gasteiger partial charge in [-0.2, -0.15) is 0 Å². The van der Waals surface area contributed by atoms with Crippen LogP contribution in [0, 0.1) is 27.7 Å². The molecule has 3 rings (SSSR count). The molecule has 0 unspecified atom stereocenters. The van der Waals surface area contributed by atoms with Crippen LogP contribution in [-0.2, 0) is 6.42 Å². The molecule has 4 heteroatoms. The standard InChI is InChI=1S/C23H34N4/c1-7-9-10-20-15-19(6)25-23-22(20)27(24-8-2)12-11-26(23)21-17(4)13-16(3)14-18(21)5/h13-15,24H,7-12H2,1-6H3. The van der Waals surface area contributed by atoms with Crippen molar-refractivity contribution in [2.24, 2.45) is 0 Å². The van der Waals surface area contributed by atoms with Crippen LogP contribution in [0.15, 0.2) is 18.2 Å². The van der Waals surface area contributed by atoms with E-state index in [9.17, 15) is 0 Å². The van der Waals surface area contributed by atoms with Crippen LogP contribution in [0.1, 0.15) is 54.6 Å². The van der Waals surface area contributed by atoms with Gasteiger partial charge < -0.3 is 9.91 Å². The quantitative estimate of drug-likeness (QED) is 0.767. The van der Waals surface area contributed by atoms with Gasteiger partial charge in [-0.15, -0.1) is 0 Å². The van der Waals surface area contributed by atoms with Crippen LogP contribution in [0.2, 0.25) is 0 Å². The second kappa shape index (κ2) is 8.30. The first-order valence-corrected chi connectivity index (χ1v) is 10.3. The highest BCUT2D eigenvalue weighted by molar-refractivity contribution is 5.81. The molecule has 2 heterocycles. The Labute approximate surface area is 164 Å². The van der Waals surface area contributed by atoms with Crippen molar-refractivity contribution >= 4 is 17.2 Å². The summed E-state index contributed by atoms with van der Waals surface area (Å²) in [6, 6.07) is 6.84. The summed E-state index contributed by atoms with van der Waals surface area (Å²) in [7, 11) is 0. The number of hydrogen-bond acceptors (Lipinski definition) is 4. The van der Waals surface area contributed by atoms with Crippen molar-refractivity contribution in [3.05, 3.63) is 46.1 Å². The van der Waals surface area contributed by atoms with Crippen LogP contribution in [0.25, 0.3) is 0 Å². The number of unbranched alkanes of at least 4 members (excludes halogenated alkanes) is 1. The second-order valence-corrected chi connectivity index (χ2v) is 7.76. The molecular formula is C23H34N4. The molecule has 1 aromatic carbocycles. The minimum absolute atomic E-state index is 0.920. The third-order valence-electron chi connectivity index (χ3n) is 5.31. The van der Waals surface area contributed by atoms with Crippen LogP contribution in [-0.4, -0.2) is 24.6 Å². The Balaban J connectivity index is 2.16. The van der Waals surface area contributed by atoms with E-state index < -0.39 is 0 Å². The van der Waals surface area contributed by atoms with Gasteiger partial charge in [-0.1, -0.05) is 38.0 Å². The third kappa shape index (κ3) is 3.96. The molecule has 0 amide bonds. The Morgan fingerprint density at radius 1 is 0.963 bits per heavy atom. The predicted molar refractivity (Wildman–Crippen MR) is 116 cm³/mol. The highest BCUT2D eigenvalue weighted by Crippen LogP contribution is 2.41. The molecule has 0 saturated heterocycles. The van der Waals surface area contributed by atoms with E-state index >= 15 is 0 Å². The topological polar surface area (TPSA) is 31.4 Å². The fourth-order valence-corrected chi connectivity index (χ4v) is 4.34. The van der Waals surface area contributed by atoms with Gasteiger partial charge in [0.2, 0.25) is 0 Å². The summed E-state index contributed by atoms with van der Waals surface area (Å²) < 4.78 is 0. The number of benzene rings is 1. The predicted octanol–water partition coefficient (Wildman–Crippen LogP) is 5.14. The van der Waals surface area contributed by atoms with Crippen molar-refractivity contribution in [1.82, 2.24) is 10.4 Å². The average molecular weight is 367 g/mol. The zero-order valence-electron chi connectivity index (χ0n) is 17.8. The Morgan fingerprint density at radius 3 is 2.30 bits per heavy atom. The molecule has 27 heavy (non-hydrogen) atoms. The summed E-state index contributed by atoms with van der Waals surface area (Å²) in [6.45, 7) is 16.0. The Bertz CT molecular complexity index is 789. The van der Waals surface area contributed by atoms with Gasteiger partial charge in [0.05, 0.1) is 12.2 Å². The molecule has 0 saturated carbocycles. The number of aromatic nitrogens is 1. The van der Waals surface area contributed by atoms with Gasteiger partial charge in [0.1, 0.15) is 0 Å². The minimum atomic E-state index is 0.920. The third-order valence-corrected chi connectivity index (χ3v) is 5.31. The molecule has 146 valence electrons. The van der Waals surface area contributed by atoms with Crippen molar-refractivity contribution in [2.45, 2.75) is 60.8 Å². The normalized spacial score (nSPS) is 13.9. The zero-order chi connectivity index (χ0) is 19.6. The number of pyridine rings is 1. The monoisotopic (exact) mass is 366 g/mol. The summed E-state index contributed by atoms with van der Waals surface area (Å²) in [6.07, 6.45) is 3.51. The van der Waals surface area contributed by atoms with E-state index in [2.05, 4.69) is 75.1 Å². The first-order chi connectivity index (χ1) is 13.0. The number of hydrogen-bond donors (Lipinski definition) is 1. The SMILES string of the molecule is CCCCc1cc(C)nc2c1N(NCC)CCN2c1c(C)cc(C)cc1C. The van der Waals surface area contributed by atoms with Crippen molar-refractivity contribution < 1.29 is 0 Å². The van der Waals surface area contributed by atoms with Gasteiger partial charge >= 0.3 is 0 Å². The fraction of sp³-hybridized carbons (Fsp3) is 0.522. The maximum Gasteiger partial charge on any atom is 0.158 e. The summed E-state index contributed by atoms with van der Waals surface area (Å²) in [5.74, 6) is 1.10. The van der Waals surface area contributed by atoms with E-state index in [1.54, 1.807) is 0 Å². The summed E-state index contributed by atoms with van der Waals surface area (Å²) in [4.78, 5) is 7.46. The molecule has 2 aromatic rings. The van der Waals surface area contributed by atoms with Gasteiger partial charge in [0.25, 0.3) is 0 Å². The number of fused-ring (bicyclic) bond motifs is 1. The Hall–Kier alpha value is -2.07. The van der Waals surface area contributed by atoms with Crippen LogP contribution in [0.5, 0.6) is 0 Å². The molecule has 0 atom stereocenters. The van der Waals surface area contributed by atoms with E-state index in [0.717, 1.165) is 37.6 Å². The minimum Gasteiger partial charge on any atom is -0.322 e. The highest BCUT2D eigenvalue weighted by Gasteiger charge is 2.29. The van der Waals surface area contributed by atoms with Gasteiger partial charge in [-0.05, 0) is 63.3 Å². The zero-order valence-corrected chi connectivity index (χ0v) is 17.8. The maximum absolute atomic E-state index is 5.02. The maximum atomic E-state index is 5.02. The van der Waals surface area contributed by atoms with Crippen molar-refractivity contribution in [3.8, 4) is 0 Å². The van der Waals surface area contributed by atoms with Crippen LogP contribution >= 0.6 is 0 Å². The van der Waals surface area contributed by atoms with Crippen molar-refractivity contribution in [2.75, 3.05) is 29.5 Å². The highest BCUT2D eigenvalue weighted by atomic mass is 15.5. The van der Waals surface area contributed by atoms with E-state index in [4.69, 9.17) is 4.98 Å². The molecule has 0 radical (unpaired) electrons. The summed E-state index contributed by atoms with van der Waals surface area (Å²) >= 11 is 0. The molecule has 1 aliphatic heterocycles. The number of nitrogens with zero attached hydrogens (tertiary/aromatic N) is 3. The van der Waals surface area contributed by atoms with Crippen molar-refractivity contribution in [1.29, 1.82) is 0 Å². The van der Waals surface area contributed by atoms with E-state index in [0.29, 0.717) is 0 Å². The lowest BCUT2D eigenvalue weighted by Gasteiger charge is -2.40. The van der Waals surface area contributed by atoms with E-state index in [1.165, 1.54) is 46.5 Å². The van der Waals surface area contributed by atoms with Crippen molar-refractivity contribution in [3.63, 3.8) is 0 Å². The van der Waals surface area contributed by atoms with E-state index in [1.807, 2.05) is 0 Å². The number of hydrazine groups is 1. The van der Waals surface area contributed by atoms with Gasteiger partial charge in [0.15, 0.2) is 5.82 Å². The summed E-state index contributed by atoms with van der Waals surface area (Å²) in [5, 5.41) is 2.32. The fourth-order valence-electron chi connectivity index (χ4n) is 4.34. The number of nitrogens with one attached hydrogen (secondary N) is 1. The largest absolute Gasteiger partial charge is 0.322 e. The second-order valence-electron chi connectivity index (χ2n) is 7.76. The first-order valence-electron chi connectivity index (χ1n) is 10.3.